The predicted molar refractivity (Wildman–Crippen MR) is 110 cm³/mol. The van der Waals surface area contributed by atoms with Crippen LogP contribution in [-0.2, 0) is 20.1 Å². The van der Waals surface area contributed by atoms with E-state index in [4.69, 9.17) is 21.1 Å². The monoisotopic (exact) mass is 411 g/mol. The minimum atomic E-state index is -0.145. The van der Waals surface area contributed by atoms with Crippen LogP contribution >= 0.6 is 11.6 Å². The molecule has 0 aliphatic carbocycles. The molecule has 0 bridgehead atoms. The van der Waals surface area contributed by atoms with E-state index < -0.39 is 0 Å². The highest BCUT2D eigenvalue weighted by Crippen LogP contribution is 2.31. The highest BCUT2D eigenvalue weighted by Gasteiger charge is 2.21. The zero-order chi connectivity index (χ0) is 20.4. The Bertz CT molecular complexity index is 1030. The van der Waals surface area contributed by atoms with Crippen LogP contribution in [0.15, 0.2) is 48.5 Å². The van der Waals surface area contributed by atoms with Crippen LogP contribution in [0.25, 0.3) is 0 Å². The van der Waals surface area contributed by atoms with Crippen molar-refractivity contribution in [1.29, 1.82) is 0 Å². The van der Waals surface area contributed by atoms with Gasteiger partial charge in [-0.3, -0.25) is 9.48 Å². The molecule has 0 spiro atoms. The van der Waals surface area contributed by atoms with E-state index in [0.717, 1.165) is 22.7 Å². The van der Waals surface area contributed by atoms with Crippen LogP contribution in [0.5, 0.6) is 11.5 Å². The number of ether oxygens (including phenoxy) is 2. The molecule has 0 N–H and O–H groups in total. The number of benzene rings is 2. The van der Waals surface area contributed by atoms with Gasteiger partial charge in [-0.05, 0) is 42.8 Å². The van der Waals surface area contributed by atoms with Crippen LogP contribution in [0, 0.1) is 6.92 Å². The Labute approximate surface area is 174 Å². The molecule has 7 heteroatoms. The quantitative estimate of drug-likeness (QED) is 0.636. The van der Waals surface area contributed by atoms with Crippen LogP contribution < -0.4 is 9.47 Å². The maximum Gasteiger partial charge on any atom is 0.256 e. The topological polar surface area (TPSA) is 56.6 Å². The standard InChI is InChI=1S/C22H22ClN3O3/c1-15-11-17(24-25(15)2)14-26(22(27)18-5-3-4-6-19(18)23)13-16-7-8-20-21(12-16)29-10-9-28-20/h3-8,11-12H,9-10,13-14H2,1-2H3. The first-order valence-corrected chi connectivity index (χ1v) is 9.81. The van der Waals surface area contributed by atoms with E-state index in [2.05, 4.69) is 5.10 Å². The van der Waals surface area contributed by atoms with Gasteiger partial charge in [0.2, 0.25) is 0 Å². The molecule has 4 rings (SSSR count). The van der Waals surface area contributed by atoms with Gasteiger partial charge in [0.15, 0.2) is 11.5 Å². The lowest BCUT2D eigenvalue weighted by Gasteiger charge is -2.24. The second-order valence-corrected chi connectivity index (χ2v) is 7.43. The van der Waals surface area contributed by atoms with Gasteiger partial charge in [-0.1, -0.05) is 29.8 Å². The van der Waals surface area contributed by atoms with Crippen LogP contribution in [-0.4, -0.2) is 33.8 Å². The van der Waals surface area contributed by atoms with Crippen LogP contribution in [0.1, 0.15) is 27.3 Å². The van der Waals surface area contributed by atoms with Crippen molar-refractivity contribution in [2.75, 3.05) is 13.2 Å². The Morgan fingerprint density at radius 3 is 2.59 bits per heavy atom. The fraction of sp³-hybridized carbons (Fsp3) is 0.273. The average molecular weight is 412 g/mol. The molecule has 2 aromatic carbocycles. The third-order valence-electron chi connectivity index (χ3n) is 4.89. The molecular weight excluding hydrogens is 390 g/mol. The number of carbonyl (C=O) groups is 1. The molecule has 3 aromatic rings. The molecule has 0 unspecified atom stereocenters. The number of nitrogens with zero attached hydrogens (tertiary/aromatic N) is 3. The maximum absolute atomic E-state index is 13.3. The molecule has 6 nitrogen and oxygen atoms in total. The number of halogens is 1. The van der Waals surface area contributed by atoms with Crippen molar-refractivity contribution in [1.82, 2.24) is 14.7 Å². The highest BCUT2D eigenvalue weighted by molar-refractivity contribution is 6.33. The van der Waals surface area contributed by atoms with Gasteiger partial charge in [-0.15, -0.1) is 0 Å². The van der Waals surface area contributed by atoms with Crippen molar-refractivity contribution in [3.63, 3.8) is 0 Å². The molecule has 0 atom stereocenters. The van der Waals surface area contributed by atoms with E-state index in [1.165, 1.54) is 0 Å². The Kier molecular flexibility index (Phi) is 5.45. The van der Waals surface area contributed by atoms with Gasteiger partial charge < -0.3 is 14.4 Å². The van der Waals surface area contributed by atoms with Gasteiger partial charge in [0.25, 0.3) is 5.91 Å². The lowest BCUT2D eigenvalue weighted by Crippen LogP contribution is -2.30. The third kappa shape index (κ3) is 4.22. The highest BCUT2D eigenvalue weighted by atomic mass is 35.5. The summed E-state index contributed by atoms with van der Waals surface area (Å²) in [6, 6.07) is 14.8. The maximum atomic E-state index is 13.3. The van der Waals surface area contributed by atoms with Gasteiger partial charge in [0.1, 0.15) is 13.2 Å². The lowest BCUT2D eigenvalue weighted by molar-refractivity contribution is 0.0727. The normalized spacial score (nSPS) is 12.7. The largest absolute Gasteiger partial charge is 0.486 e. The number of aryl methyl sites for hydroxylation is 2. The number of amides is 1. The van der Waals surface area contributed by atoms with E-state index in [1.807, 2.05) is 50.4 Å². The van der Waals surface area contributed by atoms with E-state index >= 15 is 0 Å². The molecule has 2 heterocycles. The Morgan fingerprint density at radius 1 is 1.10 bits per heavy atom. The summed E-state index contributed by atoms with van der Waals surface area (Å²) in [6.07, 6.45) is 0. The van der Waals surface area contributed by atoms with E-state index in [9.17, 15) is 4.79 Å². The first kappa shape index (κ1) is 19.3. The molecule has 1 aliphatic rings. The van der Waals surface area contributed by atoms with Crippen molar-refractivity contribution in [3.05, 3.63) is 76.1 Å². The molecule has 150 valence electrons. The Hall–Kier alpha value is -2.99. The van der Waals surface area contributed by atoms with Gasteiger partial charge in [-0.2, -0.15) is 5.10 Å². The number of aromatic nitrogens is 2. The molecule has 0 fully saturated rings. The smallest absolute Gasteiger partial charge is 0.256 e. The molecule has 1 aromatic heterocycles. The minimum Gasteiger partial charge on any atom is -0.486 e. The van der Waals surface area contributed by atoms with Crippen molar-refractivity contribution < 1.29 is 14.3 Å². The molecule has 1 amide bonds. The second-order valence-electron chi connectivity index (χ2n) is 7.02. The molecule has 1 aliphatic heterocycles. The zero-order valence-electron chi connectivity index (χ0n) is 16.4. The Balaban J connectivity index is 1.64. The van der Waals surface area contributed by atoms with Gasteiger partial charge in [-0.25, -0.2) is 0 Å². The average Bonchev–Trinajstić information content (AvgIpc) is 3.04. The zero-order valence-corrected chi connectivity index (χ0v) is 17.1. The van der Waals surface area contributed by atoms with Gasteiger partial charge >= 0.3 is 0 Å². The fourth-order valence-corrected chi connectivity index (χ4v) is 3.54. The van der Waals surface area contributed by atoms with Gasteiger partial charge in [0, 0.05) is 19.3 Å². The number of rotatable bonds is 5. The number of hydrogen-bond acceptors (Lipinski definition) is 4. The van der Waals surface area contributed by atoms with Crippen molar-refractivity contribution in [2.24, 2.45) is 7.05 Å². The molecule has 0 saturated carbocycles. The summed E-state index contributed by atoms with van der Waals surface area (Å²) < 4.78 is 13.1. The SMILES string of the molecule is Cc1cc(CN(Cc2ccc3c(c2)OCCO3)C(=O)c2ccccc2Cl)nn1C. The summed E-state index contributed by atoms with van der Waals surface area (Å²) in [5.74, 6) is 1.28. The van der Waals surface area contributed by atoms with Crippen molar-refractivity contribution in [3.8, 4) is 11.5 Å². The molecule has 29 heavy (non-hydrogen) atoms. The van der Waals surface area contributed by atoms with Crippen LogP contribution in [0.3, 0.4) is 0 Å². The predicted octanol–water partition coefficient (Wildman–Crippen LogP) is 4.00. The summed E-state index contributed by atoms with van der Waals surface area (Å²) in [5.41, 5.74) is 3.27. The van der Waals surface area contributed by atoms with Gasteiger partial charge in [0.05, 0.1) is 22.8 Å². The third-order valence-corrected chi connectivity index (χ3v) is 5.22. The summed E-state index contributed by atoms with van der Waals surface area (Å²) in [7, 11) is 1.89. The first-order valence-electron chi connectivity index (χ1n) is 9.43. The number of hydrogen-bond donors (Lipinski definition) is 0. The summed E-state index contributed by atoms with van der Waals surface area (Å²) in [6.45, 7) is 3.82. The van der Waals surface area contributed by atoms with E-state index in [1.54, 1.807) is 21.7 Å². The first-order chi connectivity index (χ1) is 14.0. The molecule has 0 saturated heterocycles. The van der Waals surface area contributed by atoms with Crippen molar-refractivity contribution in [2.45, 2.75) is 20.0 Å². The van der Waals surface area contributed by atoms with E-state index in [-0.39, 0.29) is 5.91 Å². The summed E-state index contributed by atoms with van der Waals surface area (Å²) >= 11 is 6.29. The fourth-order valence-electron chi connectivity index (χ4n) is 3.32. The minimum absolute atomic E-state index is 0.145. The molecule has 0 radical (unpaired) electrons. The van der Waals surface area contributed by atoms with Crippen LogP contribution in [0.4, 0.5) is 0 Å². The van der Waals surface area contributed by atoms with Crippen molar-refractivity contribution >= 4 is 17.5 Å². The number of carbonyl (C=O) groups excluding carboxylic acids is 1. The molecular formula is C22H22ClN3O3. The second kappa shape index (κ2) is 8.17. The number of fused-ring (bicyclic) bond motifs is 1. The van der Waals surface area contributed by atoms with Crippen LogP contribution in [0.2, 0.25) is 5.02 Å². The van der Waals surface area contributed by atoms with E-state index in [0.29, 0.717) is 42.6 Å². The Morgan fingerprint density at radius 2 is 1.86 bits per heavy atom. The lowest BCUT2D eigenvalue weighted by atomic mass is 10.1. The summed E-state index contributed by atoms with van der Waals surface area (Å²) in [4.78, 5) is 15.1. The summed E-state index contributed by atoms with van der Waals surface area (Å²) in [5, 5.41) is 4.94.